The normalized spacial score (nSPS) is 10.8. The van der Waals surface area contributed by atoms with Crippen molar-refractivity contribution < 1.29 is 9.53 Å². The van der Waals surface area contributed by atoms with Gasteiger partial charge in [0, 0.05) is 13.0 Å². The van der Waals surface area contributed by atoms with Crippen LogP contribution in [0.1, 0.15) is 18.3 Å². The van der Waals surface area contributed by atoms with Crippen molar-refractivity contribution in [2.45, 2.75) is 25.0 Å². The summed E-state index contributed by atoms with van der Waals surface area (Å²) in [5, 5.41) is 12.8. The molecule has 6 nitrogen and oxygen atoms in total. The number of anilines is 1. The van der Waals surface area contributed by atoms with E-state index < -0.39 is 0 Å². The van der Waals surface area contributed by atoms with Gasteiger partial charge in [-0.1, -0.05) is 53.2 Å². The van der Waals surface area contributed by atoms with E-state index in [-0.39, 0.29) is 11.7 Å². The standard InChI is InChI=1S/C20H20Cl2N4O2S/c1-3-26-17(11-13-7-9-14(28-2)10-8-13)24-25-20(26)29-12-18(27)23-19-15(21)5-4-6-16(19)22/h4-10H,3,11-12H2,1-2H3,(H,23,27). The highest BCUT2D eigenvalue weighted by Crippen LogP contribution is 2.30. The Bertz CT molecular complexity index is 972. The van der Waals surface area contributed by atoms with Gasteiger partial charge in [0.1, 0.15) is 11.6 Å². The zero-order valence-electron chi connectivity index (χ0n) is 16.0. The zero-order chi connectivity index (χ0) is 20.8. The van der Waals surface area contributed by atoms with Crippen LogP contribution in [0, 0.1) is 0 Å². The number of halogens is 2. The van der Waals surface area contributed by atoms with E-state index in [0.29, 0.717) is 33.9 Å². The molecule has 29 heavy (non-hydrogen) atoms. The third kappa shape index (κ3) is 5.44. The number of rotatable bonds is 8. The van der Waals surface area contributed by atoms with Crippen LogP contribution in [0.15, 0.2) is 47.6 Å². The molecular formula is C20H20Cl2N4O2S. The first-order chi connectivity index (χ1) is 14.0. The second-order valence-electron chi connectivity index (χ2n) is 6.10. The number of ether oxygens (including phenoxy) is 1. The van der Waals surface area contributed by atoms with Gasteiger partial charge in [0.05, 0.1) is 28.6 Å². The Morgan fingerprint density at radius 1 is 1.14 bits per heavy atom. The fraction of sp³-hybridized carbons (Fsp3) is 0.250. The van der Waals surface area contributed by atoms with Crippen LogP contribution in [0.4, 0.5) is 5.69 Å². The Morgan fingerprint density at radius 2 is 1.83 bits per heavy atom. The van der Waals surface area contributed by atoms with Crippen molar-refractivity contribution in [3.8, 4) is 5.75 Å². The van der Waals surface area contributed by atoms with Gasteiger partial charge in [-0.2, -0.15) is 0 Å². The highest BCUT2D eigenvalue weighted by molar-refractivity contribution is 7.99. The fourth-order valence-electron chi connectivity index (χ4n) is 2.72. The molecule has 3 rings (SSSR count). The Labute approximate surface area is 183 Å². The van der Waals surface area contributed by atoms with E-state index in [0.717, 1.165) is 17.1 Å². The van der Waals surface area contributed by atoms with E-state index in [1.54, 1.807) is 25.3 Å². The first-order valence-electron chi connectivity index (χ1n) is 8.93. The van der Waals surface area contributed by atoms with E-state index in [9.17, 15) is 4.79 Å². The molecule has 1 amide bonds. The maximum atomic E-state index is 12.3. The van der Waals surface area contributed by atoms with Crippen molar-refractivity contribution in [3.63, 3.8) is 0 Å². The number of amides is 1. The second-order valence-corrected chi connectivity index (χ2v) is 7.86. The van der Waals surface area contributed by atoms with E-state index in [1.165, 1.54) is 11.8 Å². The molecule has 0 radical (unpaired) electrons. The van der Waals surface area contributed by atoms with Crippen molar-refractivity contribution in [1.82, 2.24) is 14.8 Å². The van der Waals surface area contributed by atoms with Crippen LogP contribution in [-0.4, -0.2) is 33.5 Å². The summed E-state index contributed by atoms with van der Waals surface area (Å²) >= 11 is 13.5. The molecule has 2 aromatic carbocycles. The van der Waals surface area contributed by atoms with Crippen molar-refractivity contribution in [3.05, 3.63) is 63.9 Å². The number of hydrogen-bond acceptors (Lipinski definition) is 5. The molecule has 9 heteroatoms. The number of nitrogens with zero attached hydrogens (tertiary/aromatic N) is 3. The molecule has 0 saturated heterocycles. The molecule has 0 bridgehead atoms. The molecule has 0 spiro atoms. The topological polar surface area (TPSA) is 69.0 Å². The molecule has 0 aliphatic carbocycles. The van der Waals surface area contributed by atoms with E-state index in [4.69, 9.17) is 27.9 Å². The predicted molar refractivity (Wildman–Crippen MR) is 117 cm³/mol. The minimum atomic E-state index is -0.215. The molecule has 0 saturated carbocycles. The summed E-state index contributed by atoms with van der Waals surface area (Å²) in [7, 11) is 1.64. The number of thioether (sulfide) groups is 1. The number of carbonyl (C=O) groups is 1. The summed E-state index contributed by atoms with van der Waals surface area (Å²) in [6.45, 7) is 2.73. The van der Waals surface area contributed by atoms with Gasteiger partial charge >= 0.3 is 0 Å². The van der Waals surface area contributed by atoms with Gasteiger partial charge in [0.2, 0.25) is 5.91 Å². The predicted octanol–water partition coefficient (Wildman–Crippen LogP) is 4.94. The molecule has 1 N–H and O–H groups in total. The number of hydrogen-bond donors (Lipinski definition) is 1. The summed E-state index contributed by atoms with van der Waals surface area (Å²) in [5.74, 6) is 1.61. The highest BCUT2D eigenvalue weighted by Gasteiger charge is 2.15. The Hall–Kier alpha value is -2.22. The maximum absolute atomic E-state index is 12.3. The molecule has 1 aromatic heterocycles. The van der Waals surface area contributed by atoms with Crippen molar-refractivity contribution in [2.75, 3.05) is 18.2 Å². The lowest BCUT2D eigenvalue weighted by Crippen LogP contribution is -2.15. The van der Waals surface area contributed by atoms with Gasteiger partial charge in [-0.15, -0.1) is 10.2 Å². The summed E-state index contributed by atoms with van der Waals surface area (Å²) in [6, 6.07) is 12.9. The monoisotopic (exact) mass is 450 g/mol. The molecule has 1 heterocycles. The summed E-state index contributed by atoms with van der Waals surface area (Å²) in [6.07, 6.45) is 0.646. The first kappa shape index (κ1) is 21.5. The van der Waals surface area contributed by atoms with Crippen LogP contribution >= 0.6 is 35.0 Å². The quantitative estimate of drug-likeness (QED) is 0.492. The van der Waals surface area contributed by atoms with Crippen LogP contribution in [0.25, 0.3) is 0 Å². The minimum absolute atomic E-state index is 0.169. The Kier molecular flexibility index (Phi) is 7.41. The van der Waals surface area contributed by atoms with E-state index in [2.05, 4.69) is 15.5 Å². The van der Waals surface area contributed by atoms with Gasteiger partial charge in [-0.3, -0.25) is 4.79 Å². The first-order valence-corrected chi connectivity index (χ1v) is 10.7. The average Bonchev–Trinajstić information content (AvgIpc) is 3.11. The number of nitrogens with one attached hydrogen (secondary N) is 1. The van der Waals surface area contributed by atoms with Gasteiger partial charge in [-0.25, -0.2) is 0 Å². The lowest BCUT2D eigenvalue weighted by Gasteiger charge is -2.10. The molecule has 0 atom stereocenters. The van der Waals surface area contributed by atoms with Crippen LogP contribution in [0.5, 0.6) is 5.75 Å². The summed E-state index contributed by atoms with van der Waals surface area (Å²) in [5.41, 5.74) is 1.52. The number of para-hydroxylation sites is 1. The molecule has 0 unspecified atom stereocenters. The van der Waals surface area contributed by atoms with Gasteiger partial charge in [0.25, 0.3) is 0 Å². The van der Waals surface area contributed by atoms with Crippen LogP contribution < -0.4 is 10.1 Å². The molecule has 0 aliphatic heterocycles. The van der Waals surface area contributed by atoms with Crippen molar-refractivity contribution in [1.29, 1.82) is 0 Å². The SMILES string of the molecule is CCn1c(Cc2ccc(OC)cc2)nnc1SCC(=O)Nc1c(Cl)cccc1Cl. The van der Waals surface area contributed by atoms with Gasteiger partial charge in [-0.05, 0) is 36.8 Å². The molecule has 0 aliphatic rings. The van der Waals surface area contributed by atoms with Crippen LogP contribution in [0.2, 0.25) is 10.0 Å². The smallest absolute Gasteiger partial charge is 0.234 e. The van der Waals surface area contributed by atoms with E-state index >= 15 is 0 Å². The minimum Gasteiger partial charge on any atom is -0.497 e. The average molecular weight is 451 g/mol. The third-order valence-corrected chi connectivity index (χ3v) is 5.79. The lowest BCUT2D eigenvalue weighted by atomic mass is 10.1. The van der Waals surface area contributed by atoms with Gasteiger partial charge in [0.15, 0.2) is 5.16 Å². The lowest BCUT2D eigenvalue weighted by molar-refractivity contribution is -0.113. The highest BCUT2D eigenvalue weighted by atomic mass is 35.5. The second kappa shape index (κ2) is 10.0. The van der Waals surface area contributed by atoms with Crippen LogP contribution in [0.3, 0.4) is 0 Å². The number of carbonyl (C=O) groups excluding carboxylic acids is 1. The maximum Gasteiger partial charge on any atom is 0.234 e. The molecule has 3 aromatic rings. The van der Waals surface area contributed by atoms with Crippen molar-refractivity contribution in [2.24, 2.45) is 0 Å². The molecular weight excluding hydrogens is 431 g/mol. The van der Waals surface area contributed by atoms with Crippen LogP contribution in [-0.2, 0) is 17.8 Å². The molecule has 0 fully saturated rings. The zero-order valence-corrected chi connectivity index (χ0v) is 18.3. The molecule has 152 valence electrons. The summed E-state index contributed by atoms with van der Waals surface area (Å²) in [4.78, 5) is 12.3. The number of benzene rings is 2. The fourth-order valence-corrected chi connectivity index (χ4v) is 4.04. The number of aromatic nitrogens is 3. The summed E-state index contributed by atoms with van der Waals surface area (Å²) < 4.78 is 7.19. The Morgan fingerprint density at radius 3 is 2.45 bits per heavy atom. The third-order valence-electron chi connectivity index (χ3n) is 4.19. The van der Waals surface area contributed by atoms with Crippen molar-refractivity contribution >= 4 is 46.6 Å². The largest absolute Gasteiger partial charge is 0.497 e. The Balaban J connectivity index is 1.64. The van der Waals surface area contributed by atoms with Gasteiger partial charge < -0.3 is 14.6 Å². The van der Waals surface area contributed by atoms with E-state index in [1.807, 2.05) is 35.8 Å². The number of methoxy groups -OCH3 is 1.